The molecular weight excluding hydrogens is 206 g/mol. The van der Waals surface area contributed by atoms with Crippen LogP contribution in [0.25, 0.3) is 0 Å². The first-order valence-electron chi connectivity index (χ1n) is 4.19. The quantitative estimate of drug-likeness (QED) is 0.802. The van der Waals surface area contributed by atoms with Crippen molar-refractivity contribution in [2.75, 3.05) is 0 Å². The van der Waals surface area contributed by atoms with Crippen LogP contribution in [0, 0.1) is 6.92 Å². The number of alkyl halides is 2. The molecule has 0 amide bonds. The molecule has 1 aromatic heterocycles. The Morgan fingerprint density at radius 1 is 1.67 bits per heavy atom. The van der Waals surface area contributed by atoms with Crippen LogP contribution in [0.3, 0.4) is 0 Å². The van der Waals surface area contributed by atoms with Crippen molar-refractivity contribution >= 4 is 5.97 Å². The number of aromatic carboxylic acids is 1. The number of hydrogen-bond donors (Lipinski definition) is 2. The van der Waals surface area contributed by atoms with Crippen molar-refractivity contribution in [3.05, 3.63) is 28.6 Å². The minimum absolute atomic E-state index is 0.101. The van der Waals surface area contributed by atoms with Gasteiger partial charge < -0.3 is 10.8 Å². The van der Waals surface area contributed by atoms with Crippen molar-refractivity contribution < 1.29 is 18.7 Å². The fourth-order valence-electron chi connectivity index (χ4n) is 1.33. The minimum Gasteiger partial charge on any atom is -0.478 e. The summed E-state index contributed by atoms with van der Waals surface area (Å²) in [6, 6.07) is 0. The molecule has 1 rings (SSSR count). The zero-order valence-electron chi connectivity index (χ0n) is 8.00. The molecule has 6 heteroatoms. The summed E-state index contributed by atoms with van der Waals surface area (Å²) in [5, 5.41) is 8.82. The second-order valence-corrected chi connectivity index (χ2v) is 2.99. The third kappa shape index (κ3) is 2.10. The molecule has 1 aromatic rings. The van der Waals surface area contributed by atoms with Gasteiger partial charge >= 0.3 is 5.97 Å². The molecule has 82 valence electrons. The Morgan fingerprint density at radius 2 is 2.27 bits per heavy atom. The van der Waals surface area contributed by atoms with E-state index in [2.05, 4.69) is 4.98 Å². The van der Waals surface area contributed by atoms with Crippen LogP contribution >= 0.6 is 0 Å². The van der Waals surface area contributed by atoms with Crippen LogP contribution < -0.4 is 5.73 Å². The summed E-state index contributed by atoms with van der Waals surface area (Å²) in [5.74, 6) is -1.43. The number of hydrogen-bond acceptors (Lipinski definition) is 3. The summed E-state index contributed by atoms with van der Waals surface area (Å²) in [7, 11) is 0. The van der Waals surface area contributed by atoms with E-state index in [9.17, 15) is 13.6 Å². The van der Waals surface area contributed by atoms with Crippen LogP contribution in [-0.4, -0.2) is 16.1 Å². The number of aromatic nitrogens is 1. The second kappa shape index (κ2) is 4.31. The van der Waals surface area contributed by atoms with Gasteiger partial charge in [0.2, 0.25) is 0 Å². The molecule has 4 nitrogen and oxygen atoms in total. The zero-order valence-corrected chi connectivity index (χ0v) is 8.00. The molecule has 0 aliphatic rings. The van der Waals surface area contributed by atoms with Crippen LogP contribution in [0.5, 0.6) is 0 Å². The number of halogens is 2. The van der Waals surface area contributed by atoms with Crippen molar-refractivity contribution in [2.45, 2.75) is 19.9 Å². The monoisotopic (exact) mass is 216 g/mol. The molecule has 0 atom stereocenters. The van der Waals surface area contributed by atoms with E-state index >= 15 is 0 Å². The van der Waals surface area contributed by atoms with E-state index in [-0.39, 0.29) is 12.1 Å². The van der Waals surface area contributed by atoms with E-state index in [1.165, 1.54) is 6.20 Å². The van der Waals surface area contributed by atoms with Gasteiger partial charge in [-0.1, -0.05) is 0 Å². The van der Waals surface area contributed by atoms with Crippen LogP contribution in [0.15, 0.2) is 6.20 Å². The largest absolute Gasteiger partial charge is 0.478 e. The van der Waals surface area contributed by atoms with Gasteiger partial charge in [0.1, 0.15) is 5.69 Å². The van der Waals surface area contributed by atoms with Crippen LogP contribution in [-0.2, 0) is 6.54 Å². The summed E-state index contributed by atoms with van der Waals surface area (Å²) < 4.78 is 24.9. The van der Waals surface area contributed by atoms with E-state index in [4.69, 9.17) is 10.8 Å². The Labute approximate surface area is 84.7 Å². The predicted octanol–water partition coefficient (Wildman–Crippen LogP) is 1.48. The van der Waals surface area contributed by atoms with Gasteiger partial charge in [0.05, 0.1) is 5.56 Å². The minimum atomic E-state index is -2.91. The molecule has 0 aliphatic carbocycles. The number of nitrogens with two attached hydrogens (primary N) is 1. The molecule has 0 saturated heterocycles. The van der Waals surface area contributed by atoms with Crippen molar-refractivity contribution in [1.29, 1.82) is 0 Å². The number of carboxylic acid groups (broad SMARTS) is 1. The Kier molecular flexibility index (Phi) is 3.31. The van der Waals surface area contributed by atoms with Gasteiger partial charge in [-0.15, -0.1) is 0 Å². The average molecular weight is 216 g/mol. The smallest absolute Gasteiger partial charge is 0.338 e. The first-order valence-corrected chi connectivity index (χ1v) is 4.19. The third-order valence-electron chi connectivity index (χ3n) is 2.06. The fraction of sp³-hybridized carbons (Fsp3) is 0.333. The van der Waals surface area contributed by atoms with E-state index in [1.807, 2.05) is 0 Å². The first-order chi connectivity index (χ1) is 6.99. The van der Waals surface area contributed by atoms with Gasteiger partial charge in [-0.05, 0) is 18.1 Å². The highest BCUT2D eigenvalue weighted by Crippen LogP contribution is 2.25. The molecule has 0 bridgehead atoms. The SMILES string of the molecule is Cc1cnc(C(F)F)c(C(=O)O)c1CN. The van der Waals surface area contributed by atoms with Gasteiger partial charge in [0, 0.05) is 12.7 Å². The van der Waals surface area contributed by atoms with E-state index in [0.717, 1.165) is 0 Å². The lowest BCUT2D eigenvalue weighted by Gasteiger charge is -2.11. The molecule has 1 heterocycles. The van der Waals surface area contributed by atoms with E-state index in [0.29, 0.717) is 5.56 Å². The standard InChI is InChI=1S/C9H10F2N2O2/c1-4-3-13-7(8(10)11)6(9(14)15)5(4)2-12/h3,8H,2,12H2,1H3,(H,14,15). The molecule has 15 heavy (non-hydrogen) atoms. The molecular formula is C9H10F2N2O2. The summed E-state index contributed by atoms with van der Waals surface area (Å²) in [5.41, 5.74) is 4.82. The van der Waals surface area contributed by atoms with Gasteiger partial charge in [-0.3, -0.25) is 4.98 Å². The van der Waals surface area contributed by atoms with E-state index in [1.54, 1.807) is 6.92 Å². The Hall–Kier alpha value is -1.56. The summed E-state index contributed by atoms with van der Waals surface area (Å²) in [6.45, 7) is 1.48. The van der Waals surface area contributed by atoms with Gasteiger partial charge in [-0.2, -0.15) is 0 Å². The number of carbonyl (C=O) groups is 1. The van der Waals surface area contributed by atoms with Crippen LogP contribution in [0.1, 0.15) is 33.6 Å². The maximum Gasteiger partial charge on any atom is 0.338 e. The predicted molar refractivity (Wildman–Crippen MR) is 48.8 cm³/mol. The Bertz CT molecular complexity index is 394. The highest BCUT2D eigenvalue weighted by Gasteiger charge is 2.23. The molecule has 0 fully saturated rings. The number of nitrogens with zero attached hydrogens (tertiary/aromatic N) is 1. The Morgan fingerprint density at radius 3 is 2.67 bits per heavy atom. The highest BCUT2D eigenvalue weighted by molar-refractivity contribution is 5.91. The van der Waals surface area contributed by atoms with Crippen molar-refractivity contribution in [3.8, 4) is 0 Å². The number of rotatable bonds is 3. The number of pyridine rings is 1. The van der Waals surface area contributed by atoms with Crippen molar-refractivity contribution in [2.24, 2.45) is 5.73 Å². The van der Waals surface area contributed by atoms with Gasteiger partial charge in [-0.25, -0.2) is 13.6 Å². The first kappa shape index (κ1) is 11.5. The summed E-state index contributed by atoms with van der Waals surface area (Å²) in [4.78, 5) is 14.3. The normalized spacial score (nSPS) is 10.7. The lowest BCUT2D eigenvalue weighted by Crippen LogP contribution is -2.14. The molecule has 3 N–H and O–H groups in total. The fourth-order valence-corrected chi connectivity index (χ4v) is 1.33. The van der Waals surface area contributed by atoms with Gasteiger partial charge in [0.25, 0.3) is 6.43 Å². The molecule has 0 aliphatic heterocycles. The topological polar surface area (TPSA) is 76.2 Å². The zero-order chi connectivity index (χ0) is 11.6. The summed E-state index contributed by atoms with van der Waals surface area (Å²) in [6.07, 6.45) is -1.71. The van der Waals surface area contributed by atoms with Crippen LogP contribution in [0.2, 0.25) is 0 Å². The molecule has 0 spiro atoms. The number of carboxylic acids is 1. The maximum atomic E-state index is 12.5. The molecule has 0 radical (unpaired) electrons. The van der Waals surface area contributed by atoms with Crippen molar-refractivity contribution in [1.82, 2.24) is 4.98 Å². The second-order valence-electron chi connectivity index (χ2n) is 2.99. The average Bonchev–Trinajstić information content (AvgIpc) is 2.16. The Balaban J connectivity index is 3.49. The molecule has 0 saturated carbocycles. The molecule has 0 aromatic carbocycles. The van der Waals surface area contributed by atoms with Gasteiger partial charge in [0.15, 0.2) is 0 Å². The lowest BCUT2D eigenvalue weighted by atomic mass is 10.0. The van der Waals surface area contributed by atoms with Crippen molar-refractivity contribution in [3.63, 3.8) is 0 Å². The summed E-state index contributed by atoms with van der Waals surface area (Å²) >= 11 is 0. The number of aryl methyl sites for hydroxylation is 1. The van der Waals surface area contributed by atoms with Crippen LogP contribution in [0.4, 0.5) is 8.78 Å². The molecule has 0 unspecified atom stereocenters. The third-order valence-corrected chi connectivity index (χ3v) is 2.06. The van der Waals surface area contributed by atoms with E-state index < -0.39 is 23.7 Å². The highest BCUT2D eigenvalue weighted by atomic mass is 19.3. The lowest BCUT2D eigenvalue weighted by molar-refractivity contribution is 0.0680. The maximum absolute atomic E-state index is 12.5.